The summed E-state index contributed by atoms with van der Waals surface area (Å²) < 4.78 is 66.9. The van der Waals surface area contributed by atoms with E-state index < -0.39 is 27.9 Å². The van der Waals surface area contributed by atoms with Gasteiger partial charge in [-0.15, -0.1) is 0 Å². The van der Waals surface area contributed by atoms with Gasteiger partial charge in [-0.1, -0.05) is 6.07 Å². The Kier molecular flexibility index (Phi) is 5.64. The third-order valence-corrected chi connectivity index (χ3v) is 6.28. The van der Waals surface area contributed by atoms with Crippen LogP contribution in [0.3, 0.4) is 0 Å². The maximum absolute atomic E-state index is 13.4. The Morgan fingerprint density at radius 2 is 1.73 bits per heavy atom. The summed E-state index contributed by atoms with van der Waals surface area (Å²) in [6.07, 6.45) is -4.70. The molecule has 1 aromatic carbocycles. The van der Waals surface area contributed by atoms with E-state index in [0.717, 1.165) is 27.2 Å². The molecule has 3 aromatic rings. The topological polar surface area (TPSA) is 89.3 Å². The van der Waals surface area contributed by atoms with Gasteiger partial charge in [0.25, 0.3) is 10.0 Å². The smallest absolute Gasteiger partial charge is 0.433 e. The molecule has 2 heterocycles. The second-order valence-electron chi connectivity index (χ2n) is 7.07. The normalized spacial score (nSPS) is 12.4. The number of hydrogen-bond donors (Lipinski definition) is 1. The molecule has 160 valence electrons. The summed E-state index contributed by atoms with van der Waals surface area (Å²) >= 11 is 0. The molecule has 3 rings (SSSR count). The van der Waals surface area contributed by atoms with Gasteiger partial charge in [-0.3, -0.25) is 4.79 Å². The van der Waals surface area contributed by atoms with Crippen LogP contribution < -0.4 is 0 Å². The summed E-state index contributed by atoms with van der Waals surface area (Å²) in [5, 5.41) is 8.86. The summed E-state index contributed by atoms with van der Waals surface area (Å²) in [4.78, 5) is 14.4. The summed E-state index contributed by atoms with van der Waals surface area (Å²) in [5.41, 5.74) is 0.366. The zero-order chi connectivity index (χ0) is 22.3. The summed E-state index contributed by atoms with van der Waals surface area (Å²) in [7, 11) is -4.15. The number of carboxylic acid groups (broad SMARTS) is 1. The first kappa shape index (κ1) is 21.8. The molecule has 0 radical (unpaired) electrons. The van der Waals surface area contributed by atoms with E-state index in [1.165, 1.54) is 18.2 Å². The highest BCUT2D eigenvalue weighted by molar-refractivity contribution is 7.90. The van der Waals surface area contributed by atoms with Gasteiger partial charge in [0.15, 0.2) is 0 Å². The Morgan fingerprint density at radius 1 is 1.10 bits per heavy atom. The molecule has 2 aromatic heterocycles. The van der Waals surface area contributed by atoms with Gasteiger partial charge in [-0.2, -0.15) is 13.2 Å². The zero-order valence-electron chi connectivity index (χ0n) is 16.2. The molecule has 0 spiro atoms. The molecular weight excluding hydrogens is 421 g/mol. The maximum Gasteiger partial charge on any atom is 0.433 e. The fraction of sp³-hybridized carbons (Fsp3) is 0.300. The quantitative estimate of drug-likeness (QED) is 0.617. The van der Waals surface area contributed by atoms with Crippen molar-refractivity contribution in [1.29, 1.82) is 0 Å². The number of aromatic nitrogens is 2. The molecule has 0 aliphatic heterocycles. The molecule has 0 aliphatic rings. The first-order valence-electron chi connectivity index (χ1n) is 9.04. The van der Waals surface area contributed by atoms with E-state index in [4.69, 9.17) is 5.11 Å². The maximum atomic E-state index is 13.4. The van der Waals surface area contributed by atoms with Crippen LogP contribution in [-0.4, -0.2) is 28.5 Å². The van der Waals surface area contributed by atoms with E-state index in [0.29, 0.717) is 0 Å². The first-order valence-corrected chi connectivity index (χ1v) is 10.5. The molecular formula is C20H19F3N2O4S. The average Bonchev–Trinajstić information content (AvgIpc) is 2.97. The highest BCUT2D eigenvalue weighted by Crippen LogP contribution is 2.32. The van der Waals surface area contributed by atoms with E-state index in [9.17, 15) is 26.4 Å². The molecule has 0 saturated carbocycles. The molecule has 1 N–H and O–H groups in total. The van der Waals surface area contributed by atoms with Gasteiger partial charge in [0.2, 0.25) is 0 Å². The lowest BCUT2D eigenvalue weighted by Gasteiger charge is -2.13. The van der Waals surface area contributed by atoms with Crippen LogP contribution >= 0.6 is 0 Å². The Hall–Kier alpha value is -2.88. The van der Waals surface area contributed by atoms with Gasteiger partial charge < -0.3 is 5.11 Å². The van der Waals surface area contributed by atoms with E-state index >= 15 is 0 Å². The molecule has 0 amide bonds. The van der Waals surface area contributed by atoms with Gasteiger partial charge >= 0.3 is 12.1 Å². The fourth-order valence-corrected chi connectivity index (χ4v) is 5.09. The summed E-state index contributed by atoms with van der Waals surface area (Å²) in [6.45, 7) is 3.48. The predicted octanol–water partition coefficient (Wildman–Crippen LogP) is 4.32. The molecule has 0 unspecified atom stereocenters. The Bertz CT molecular complexity index is 1210. The monoisotopic (exact) mass is 440 g/mol. The summed E-state index contributed by atoms with van der Waals surface area (Å²) in [6, 6.07) is 7.84. The van der Waals surface area contributed by atoms with Crippen molar-refractivity contribution in [2.45, 2.75) is 44.2 Å². The number of pyridine rings is 1. The summed E-state index contributed by atoms with van der Waals surface area (Å²) in [5.74, 6) is -1.05. The largest absolute Gasteiger partial charge is 0.481 e. The van der Waals surface area contributed by atoms with Crippen LogP contribution in [0.1, 0.15) is 35.4 Å². The number of carboxylic acids is 1. The van der Waals surface area contributed by atoms with Gasteiger partial charge in [0, 0.05) is 12.1 Å². The van der Waals surface area contributed by atoms with Crippen LogP contribution in [-0.2, 0) is 27.4 Å². The molecule has 30 heavy (non-hydrogen) atoms. The minimum atomic E-state index is -4.67. The Morgan fingerprint density at radius 3 is 2.30 bits per heavy atom. The number of alkyl halides is 3. The molecule has 0 saturated heterocycles. The van der Waals surface area contributed by atoms with Crippen LogP contribution in [0.2, 0.25) is 0 Å². The number of nitrogens with zero attached hydrogens (tertiary/aromatic N) is 2. The van der Waals surface area contributed by atoms with Crippen LogP contribution in [0.4, 0.5) is 13.2 Å². The lowest BCUT2D eigenvalue weighted by Crippen LogP contribution is -2.16. The molecule has 10 heteroatoms. The van der Waals surface area contributed by atoms with Crippen molar-refractivity contribution in [1.82, 2.24) is 8.96 Å². The standard InChI is InChI=1S/C20H19F3N2O4S/c1-12-8-13(2)10-15(9-12)30(28,29)25-14(4-3-5-19(26)27)11-16-17(25)6-7-18(24-16)20(21,22)23/h6-11H,3-5H2,1-2H3,(H,26,27). The second kappa shape index (κ2) is 7.75. The minimum Gasteiger partial charge on any atom is -0.481 e. The third-order valence-electron chi connectivity index (χ3n) is 4.53. The highest BCUT2D eigenvalue weighted by Gasteiger charge is 2.33. The number of aliphatic carboxylic acids is 1. The van der Waals surface area contributed by atoms with Crippen LogP contribution in [0.5, 0.6) is 0 Å². The molecule has 6 nitrogen and oxygen atoms in total. The Labute approximate surface area is 171 Å². The van der Waals surface area contributed by atoms with Gasteiger partial charge in [-0.25, -0.2) is 17.4 Å². The van der Waals surface area contributed by atoms with Crippen molar-refractivity contribution in [2.75, 3.05) is 0 Å². The lowest BCUT2D eigenvalue weighted by atomic mass is 10.2. The number of hydrogen-bond acceptors (Lipinski definition) is 4. The van der Waals surface area contributed by atoms with E-state index in [-0.39, 0.29) is 40.9 Å². The van der Waals surface area contributed by atoms with Crippen molar-refractivity contribution < 1.29 is 31.5 Å². The van der Waals surface area contributed by atoms with Gasteiger partial charge in [-0.05, 0) is 68.1 Å². The number of carbonyl (C=O) groups is 1. The zero-order valence-corrected chi connectivity index (χ0v) is 17.0. The molecule has 0 bridgehead atoms. The average molecular weight is 440 g/mol. The molecule has 0 atom stereocenters. The third kappa shape index (κ3) is 4.33. The van der Waals surface area contributed by atoms with Crippen molar-refractivity contribution in [3.05, 3.63) is 58.9 Å². The predicted molar refractivity (Wildman–Crippen MR) is 104 cm³/mol. The van der Waals surface area contributed by atoms with Crippen LogP contribution in [0.15, 0.2) is 41.3 Å². The van der Waals surface area contributed by atoms with Crippen LogP contribution in [0.25, 0.3) is 11.0 Å². The van der Waals surface area contributed by atoms with E-state index in [1.54, 1.807) is 19.9 Å². The molecule has 0 fully saturated rings. The molecule has 0 aliphatic carbocycles. The van der Waals surface area contributed by atoms with Gasteiger partial charge in [0.05, 0.1) is 15.9 Å². The number of halogens is 3. The lowest BCUT2D eigenvalue weighted by molar-refractivity contribution is -0.141. The van der Waals surface area contributed by atoms with Gasteiger partial charge in [0.1, 0.15) is 5.69 Å². The number of benzene rings is 1. The second-order valence-corrected chi connectivity index (χ2v) is 8.86. The van der Waals surface area contributed by atoms with Crippen molar-refractivity contribution >= 4 is 27.0 Å². The SMILES string of the molecule is Cc1cc(C)cc(S(=O)(=O)n2c(CCCC(=O)O)cc3nc(C(F)(F)F)ccc32)c1. The number of rotatable bonds is 6. The Balaban J connectivity index is 2.22. The van der Waals surface area contributed by atoms with Crippen molar-refractivity contribution in [3.8, 4) is 0 Å². The van der Waals surface area contributed by atoms with E-state index in [2.05, 4.69) is 4.98 Å². The first-order chi connectivity index (χ1) is 13.9. The van der Waals surface area contributed by atoms with Crippen molar-refractivity contribution in [2.24, 2.45) is 0 Å². The van der Waals surface area contributed by atoms with Crippen LogP contribution in [0, 0.1) is 13.8 Å². The van der Waals surface area contributed by atoms with Crippen molar-refractivity contribution in [3.63, 3.8) is 0 Å². The fourth-order valence-electron chi connectivity index (χ4n) is 3.34. The van der Waals surface area contributed by atoms with E-state index in [1.807, 2.05) is 0 Å². The highest BCUT2D eigenvalue weighted by atomic mass is 32.2. The number of fused-ring (bicyclic) bond motifs is 1. The number of aryl methyl sites for hydroxylation is 3. The minimum absolute atomic E-state index is 0.00289.